The fourth-order valence-electron chi connectivity index (χ4n) is 1.46. The summed E-state index contributed by atoms with van der Waals surface area (Å²) in [6, 6.07) is 0. The number of aromatic amines is 2. The molecule has 2 aromatic heterocycles. The maximum Gasteiger partial charge on any atom is 0.254 e. The lowest BCUT2D eigenvalue weighted by atomic mass is 10.2. The highest BCUT2D eigenvalue weighted by molar-refractivity contribution is 5.42. The minimum Gasteiger partial charge on any atom is -0.304 e. The van der Waals surface area contributed by atoms with Gasteiger partial charge in [-0.15, -0.1) is 0 Å². The molecule has 2 aromatic rings. The van der Waals surface area contributed by atoms with E-state index in [1.807, 2.05) is 13.8 Å². The topological polar surface area (TPSA) is 87.3 Å². The van der Waals surface area contributed by atoms with E-state index in [0.29, 0.717) is 23.6 Å². The van der Waals surface area contributed by atoms with Crippen molar-refractivity contribution in [2.45, 2.75) is 20.3 Å². The average Bonchev–Trinajstić information content (AvgIpc) is 2.69. The summed E-state index contributed by atoms with van der Waals surface area (Å²) < 4.78 is 0. The molecule has 0 amide bonds. The molecule has 2 rings (SSSR count). The van der Waals surface area contributed by atoms with Gasteiger partial charge in [0.2, 0.25) is 0 Å². The number of hydrogen-bond acceptors (Lipinski definition) is 4. The number of aromatic nitrogens is 5. The molecule has 2 N–H and O–H groups in total. The van der Waals surface area contributed by atoms with E-state index < -0.39 is 0 Å². The van der Waals surface area contributed by atoms with Crippen LogP contribution in [-0.4, -0.2) is 25.1 Å². The Kier molecular flexibility index (Phi) is 2.32. The monoisotopic (exact) mass is 205 g/mol. The molecule has 0 spiro atoms. The fraction of sp³-hybridized carbons (Fsp3) is 0.333. The summed E-state index contributed by atoms with van der Waals surface area (Å²) in [7, 11) is 0. The zero-order valence-electron chi connectivity index (χ0n) is 8.53. The normalized spacial score (nSPS) is 10.5. The molecule has 0 saturated carbocycles. The van der Waals surface area contributed by atoms with Crippen LogP contribution in [0.15, 0.2) is 11.1 Å². The summed E-state index contributed by atoms with van der Waals surface area (Å²) in [6.07, 6.45) is 2.04. The van der Waals surface area contributed by atoms with Crippen LogP contribution in [0.2, 0.25) is 0 Å². The predicted octanol–water partition coefficient (Wildman–Crippen LogP) is 0.426. The fourth-order valence-corrected chi connectivity index (χ4v) is 1.46. The van der Waals surface area contributed by atoms with E-state index >= 15 is 0 Å². The van der Waals surface area contributed by atoms with Crippen molar-refractivity contribution < 1.29 is 0 Å². The van der Waals surface area contributed by atoms with E-state index in [1.54, 1.807) is 0 Å². The average molecular weight is 205 g/mol. The van der Waals surface area contributed by atoms with Crippen molar-refractivity contribution in [2.75, 3.05) is 0 Å². The van der Waals surface area contributed by atoms with Gasteiger partial charge >= 0.3 is 0 Å². The Morgan fingerprint density at radius 1 is 1.40 bits per heavy atom. The third kappa shape index (κ3) is 1.65. The summed E-state index contributed by atoms with van der Waals surface area (Å²) in [5.41, 5.74) is 1.32. The van der Waals surface area contributed by atoms with Crippen molar-refractivity contribution in [3.05, 3.63) is 27.9 Å². The van der Waals surface area contributed by atoms with Gasteiger partial charge in [-0.2, -0.15) is 5.10 Å². The zero-order chi connectivity index (χ0) is 10.8. The molecule has 0 aliphatic rings. The van der Waals surface area contributed by atoms with Gasteiger partial charge in [0.05, 0.1) is 0 Å². The largest absolute Gasteiger partial charge is 0.304 e. The molecule has 2 heterocycles. The van der Waals surface area contributed by atoms with Crippen LogP contribution in [-0.2, 0) is 6.42 Å². The first-order valence-corrected chi connectivity index (χ1v) is 4.68. The van der Waals surface area contributed by atoms with Crippen molar-refractivity contribution in [1.29, 1.82) is 0 Å². The van der Waals surface area contributed by atoms with Crippen LogP contribution in [0.5, 0.6) is 0 Å². The lowest BCUT2D eigenvalue weighted by molar-refractivity contribution is 0.952. The van der Waals surface area contributed by atoms with Gasteiger partial charge in [-0.25, -0.2) is 9.97 Å². The van der Waals surface area contributed by atoms with Gasteiger partial charge in [-0.05, 0) is 13.3 Å². The van der Waals surface area contributed by atoms with Crippen LogP contribution in [0.25, 0.3) is 11.6 Å². The lowest BCUT2D eigenvalue weighted by Gasteiger charge is -2.02. The molecule has 0 aliphatic carbocycles. The van der Waals surface area contributed by atoms with Crippen LogP contribution < -0.4 is 5.56 Å². The first-order chi connectivity index (χ1) is 7.22. The van der Waals surface area contributed by atoms with Crippen molar-refractivity contribution >= 4 is 0 Å². The minimum absolute atomic E-state index is 0.114. The van der Waals surface area contributed by atoms with Gasteiger partial charge in [0, 0.05) is 11.3 Å². The molecule has 0 atom stereocenters. The maximum atomic E-state index is 11.6. The van der Waals surface area contributed by atoms with Crippen LogP contribution in [0.1, 0.15) is 18.2 Å². The molecule has 6 nitrogen and oxygen atoms in total. The number of aryl methyl sites for hydroxylation is 1. The highest BCUT2D eigenvalue weighted by Gasteiger charge is 2.09. The lowest BCUT2D eigenvalue weighted by Crippen LogP contribution is -2.17. The Morgan fingerprint density at radius 3 is 2.73 bits per heavy atom. The molecule has 0 bridgehead atoms. The highest BCUT2D eigenvalue weighted by Crippen LogP contribution is 2.07. The summed E-state index contributed by atoms with van der Waals surface area (Å²) in [5, 5.41) is 6.35. The van der Waals surface area contributed by atoms with E-state index in [4.69, 9.17) is 0 Å². The second kappa shape index (κ2) is 3.64. The first-order valence-electron chi connectivity index (χ1n) is 4.68. The van der Waals surface area contributed by atoms with E-state index in [1.165, 1.54) is 6.33 Å². The predicted molar refractivity (Wildman–Crippen MR) is 54.3 cm³/mol. The molecule has 0 radical (unpaired) electrons. The zero-order valence-corrected chi connectivity index (χ0v) is 8.53. The number of H-pyrrole nitrogens is 2. The molecular weight excluding hydrogens is 194 g/mol. The number of hydrogen-bond donors (Lipinski definition) is 2. The van der Waals surface area contributed by atoms with Crippen molar-refractivity contribution in [1.82, 2.24) is 25.1 Å². The van der Waals surface area contributed by atoms with Gasteiger partial charge in [-0.3, -0.25) is 9.89 Å². The van der Waals surface area contributed by atoms with E-state index in [0.717, 1.165) is 5.69 Å². The first kappa shape index (κ1) is 9.57. The molecule has 15 heavy (non-hydrogen) atoms. The van der Waals surface area contributed by atoms with Crippen molar-refractivity contribution in [3.8, 4) is 11.6 Å². The van der Waals surface area contributed by atoms with E-state index in [2.05, 4.69) is 25.1 Å². The van der Waals surface area contributed by atoms with Crippen molar-refractivity contribution in [2.24, 2.45) is 0 Å². The number of rotatable bonds is 2. The standard InChI is InChI=1S/C9H11N5O/c1-3-6-5(2)12-8(13-9(6)15)7-10-4-11-14-7/h4H,3H2,1-2H3,(H,10,11,14)(H,12,13,15). The minimum atomic E-state index is -0.114. The van der Waals surface area contributed by atoms with Gasteiger partial charge in [-0.1, -0.05) is 6.92 Å². The summed E-state index contributed by atoms with van der Waals surface area (Å²) >= 11 is 0. The summed E-state index contributed by atoms with van der Waals surface area (Å²) in [6.45, 7) is 3.74. The van der Waals surface area contributed by atoms with E-state index in [-0.39, 0.29) is 5.56 Å². The van der Waals surface area contributed by atoms with Crippen LogP contribution in [0, 0.1) is 6.92 Å². The molecule has 0 aliphatic heterocycles. The van der Waals surface area contributed by atoms with E-state index in [9.17, 15) is 4.79 Å². The number of nitrogens with zero attached hydrogens (tertiary/aromatic N) is 3. The second-order valence-corrected chi connectivity index (χ2v) is 3.17. The Balaban J connectivity index is 2.58. The van der Waals surface area contributed by atoms with Crippen LogP contribution in [0.4, 0.5) is 0 Å². The van der Waals surface area contributed by atoms with Gasteiger partial charge < -0.3 is 4.98 Å². The Morgan fingerprint density at radius 2 is 2.20 bits per heavy atom. The maximum absolute atomic E-state index is 11.6. The Labute approximate surface area is 85.8 Å². The second-order valence-electron chi connectivity index (χ2n) is 3.17. The number of nitrogens with one attached hydrogen (secondary N) is 2. The van der Waals surface area contributed by atoms with Crippen LogP contribution >= 0.6 is 0 Å². The third-order valence-electron chi connectivity index (χ3n) is 2.22. The molecular formula is C9H11N5O. The molecule has 0 fully saturated rings. The Bertz CT molecular complexity index is 514. The molecule has 0 saturated heterocycles. The summed E-state index contributed by atoms with van der Waals surface area (Å²) in [4.78, 5) is 22.5. The van der Waals surface area contributed by atoms with Gasteiger partial charge in [0.1, 0.15) is 6.33 Å². The Hall–Kier alpha value is -1.98. The smallest absolute Gasteiger partial charge is 0.254 e. The van der Waals surface area contributed by atoms with Gasteiger partial charge in [0.15, 0.2) is 11.6 Å². The molecule has 0 aromatic carbocycles. The molecule has 78 valence electrons. The quantitative estimate of drug-likeness (QED) is 0.744. The highest BCUT2D eigenvalue weighted by atomic mass is 16.1. The molecule has 6 heteroatoms. The van der Waals surface area contributed by atoms with Gasteiger partial charge in [0.25, 0.3) is 5.56 Å². The SMILES string of the molecule is CCc1c(C)nc(-c2ncn[nH]2)[nH]c1=O. The third-order valence-corrected chi connectivity index (χ3v) is 2.22. The van der Waals surface area contributed by atoms with Crippen LogP contribution in [0.3, 0.4) is 0 Å². The molecule has 0 unspecified atom stereocenters. The van der Waals surface area contributed by atoms with Crippen molar-refractivity contribution in [3.63, 3.8) is 0 Å². The summed E-state index contributed by atoms with van der Waals surface area (Å²) in [5.74, 6) is 0.894.